The normalized spacial score (nSPS) is 26.0. The summed E-state index contributed by atoms with van der Waals surface area (Å²) in [6, 6.07) is 8.99. The Kier molecular flexibility index (Phi) is 4.09. The van der Waals surface area contributed by atoms with Crippen molar-refractivity contribution in [1.29, 1.82) is 0 Å². The fraction of sp³-hybridized carbons (Fsp3) is 0.562. The van der Waals surface area contributed by atoms with Crippen LogP contribution in [-0.4, -0.2) is 47.2 Å². The molecule has 1 aromatic rings. The number of likely N-dealkylation sites (tertiary alicyclic amines) is 1. The zero-order valence-electron chi connectivity index (χ0n) is 12.2. The number of hydrogen-bond acceptors (Lipinski definition) is 3. The lowest BCUT2D eigenvalue weighted by molar-refractivity contribution is -0.135. The molecular formula is C16H21ClN2O2. The third-order valence-electron chi connectivity index (χ3n) is 4.52. The maximum Gasteiger partial charge on any atom is 0.323 e. The number of rotatable bonds is 5. The standard InChI is InChI=1S/C16H21ClN2O2/c1-11-8-15(9-18(11)13-6-7-13)19(10-16(20)21)14-4-2-12(17)3-5-14/h2-5,11,13,15H,6-10H2,1H3,(H,20,21). The third kappa shape index (κ3) is 3.33. The molecule has 21 heavy (non-hydrogen) atoms. The van der Waals surface area contributed by atoms with E-state index in [1.54, 1.807) is 0 Å². The molecule has 1 saturated carbocycles. The highest BCUT2D eigenvalue weighted by molar-refractivity contribution is 6.30. The second-order valence-electron chi connectivity index (χ2n) is 6.16. The molecule has 0 radical (unpaired) electrons. The number of nitrogens with zero attached hydrogens (tertiary/aromatic N) is 2. The first kappa shape index (κ1) is 14.7. The van der Waals surface area contributed by atoms with Crippen LogP contribution in [0.1, 0.15) is 26.2 Å². The van der Waals surface area contributed by atoms with E-state index >= 15 is 0 Å². The molecular weight excluding hydrogens is 288 g/mol. The van der Waals surface area contributed by atoms with Gasteiger partial charge in [0.15, 0.2) is 0 Å². The second kappa shape index (κ2) is 5.85. The summed E-state index contributed by atoms with van der Waals surface area (Å²) in [4.78, 5) is 15.8. The molecule has 3 rings (SSSR count). The first-order valence-electron chi connectivity index (χ1n) is 7.54. The minimum Gasteiger partial charge on any atom is -0.480 e. The van der Waals surface area contributed by atoms with E-state index in [1.165, 1.54) is 12.8 Å². The van der Waals surface area contributed by atoms with E-state index in [2.05, 4.69) is 11.8 Å². The van der Waals surface area contributed by atoms with Crippen LogP contribution in [-0.2, 0) is 4.79 Å². The summed E-state index contributed by atoms with van der Waals surface area (Å²) in [5.41, 5.74) is 0.941. The molecule has 2 fully saturated rings. The zero-order valence-corrected chi connectivity index (χ0v) is 13.0. The van der Waals surface area contributed by atoms with Gasteiger partial charge in [-0.2, -0.15) is 0 Å². The van der Waals surface area contributed by atoms with Crippen molar-refractivity contribution in [2.24, 2.45) is 0 Å². The van der Waals surface area contributed by atoms with Crippen LogP contribution in [0.15, 0.2) is 24.3 Å². The van der Waals surface area contributed by atoms with Crippen molar-refractivity contribution in [2.75, 3.05) is 18.0 Å². The lowest BCUT2D eigenvalue weighted by Gasteiger charge is -2.30. The molecule has 2 atom stereocenters. The van der Waals surface area contributed by atoms with Crippen LogP contribution in [0.5, 0.6) is 0 Å². The molecule has 5 heteroatoms. The van der Waals surface area contributed by atoms with E-state index in [0.29, 0.717) is 11.1 Å². The second-order valence-corrected chi connectivity index (χ2v) is 6.60. The summed E-state index contributed by atoms with van der Waals surface area (Å²) in [7, 11) is 0. The van der Waals surface area contributed by atoms with Gasteiger partial charge in [-0.3, -0.25) is 9.69 Å². The van der Waals surface area contributed by atoms with Crippen LogP contribution in [0.3, 0.4) is 0 Å². The van der Waals surface area contributed by atoms with Crippen molar-refractivity contribution in [1.82, 2.24) is 4.90 Å². The van der Waals surface area contributed by atoms with Gasteiger partial charge in [0.25, 0.3) is 0 Å². The fourth-order valence-corrected chi connectivity index (χ4v) is 3.50. The quantitative estimate of drug-likeness (QED) is 0.908. The van der Waals surface area contributed by atoms with Crippen LogP contribution in [0.4, 0.5) is 5.69 Å². The van der Waals surface area contributed by atoms with Crippen molar-refractivity contribution in [3.05, 3.63) is 29.3 Å². The van der Waals surface area contributed by atoms with E-state index < -0.39 is 5.97 Å². The molecule has 0 spiro atoms. The van der Waals surface area contributed by atoms with Crippen LogP contribution in [0.25, 0.3) is 0 Å². The summed E-state index contributed by atoms with van der Waals surface area (Å²) in [6.07, 6.45) is 3.60. The highest BCUT2D eigenvalue weighted by Gasteiger charge is 2.41. The first-order valence-corrected chi connectivity index (χ1v) is 7.92. The number of anilines is 1. The van der Waals surface area contributed by atoms with E-state index in [-0.39, 0.29) is 12.6 Å². The van der Waals surface area contributed by atoms with Crippen molar-refractivity contribution >= 4 is 23.3 Å². The minimum atomic E-state index is -0.789. The predicted octanol–water partition coefficient (Wildman–Crippen LogP) is 2.86. The van der Waals surface area contributed by atoms with Gasteiger partial charge < -0.3 is 10.0 Å². The molecule has 1 aromatic carbocycles. The predicted molar refractivity (Wildman–Crippen MR) is 84.0 cm³/mol. The van der Waals surface area contributed by atoms with Crippen molar-refractivity contribution < 1.29 is 9.90 Å². The SMILES string of the molecule is CC1CC(N(CC(=O)O)c2ccc(Cl)cc2)CN1C1CC1. The lowest BCUT2D eigenvalue weighted by atomic mass is 10.1. The number of hydrogen-bond donors (Lipinski definition) is 1. The van der Waals surface area contributed by atoms with Crippen LogP contribution in [0.2, 0.25) is 5.02 Å². The molecule has 2 unspecified atom stereocenters. The Balaban J connectivity index is 1.79. The monoisotopic (exact) mass is 308 g/mol. The summed E-state index contributed by atoms with van der Waals surface area (Å²) in [5.74, 6) is -0.789. The van der Waals surface area contributed by atoms with Gasteiger partial charge in [-0.1, -0.05) is 11.6 Å². The van der Waals surface area contributed by atoms with Gasteiger partial charge in [0.05, 0.1) is 0 Å². The average molecular weight is 309 g/mol. The molecule has 1 saturated heterocycles. The van der Waals surface area contributed by atoms with Gasteiger partial charge >= 0.3 is 5.97 Å². The van der Waals surface area contributed by atoms with Gasteiger partial charge in [-0.05, 0) is 50.5 Å². The number of carbonyl (C=O) groups is 1. The highest BCUT2D eigenvalue weighted by atomic mass is 35.5. The molecule has 1 heterocycles. The van der Waals surface area contributed by atoms with Gasteiger partial charge in [0, 0.05) is 35.4 Å². The van der Waals surface area contributed by atoms with Crippen LogP contribution >= 0.6 is 11.6 Å². The van der Waals surface area contributed by atoms with Gasteiger partial charge in [0.1, 0.15) is 6.54 Å². The van der Waals surface area contributed by atoms with E-state index in [1.807, 2.05) is 29.2 Å². The minimum absolute atomic E-state index is 0.0392. The Morgan fingerprint density at radius 2 is 2.05 bits per heavy atom. The highest BCUT2D eigenvalue weighted by Crippen LogP contribution is 2.35. The zero-order chi connectivity index (χ0) is 15.0. The molecule has 1 N–H and O–H groups in total. The molecule has 114 valence electrons. The fourth-order valence-electron chi connectivity index (χ4n) is 3.38. The Labute approximate surface area is 130 Å². The van der Waals surface area contributed by atoms with Crippen LogP contribution in [0, 0.1) is 0 Å². The number of halogens is 1. The number of carboxylic acid groups (broad SMARTS) is 1. The molecule has 4 nitrogen and oxygen atoms in total. The van der Waals surface area contributed by atoms with Gasteiger partial charge in [0.2, 0.25) is 0 Å². The van der Waals surface area contributed by atoms with Gasteiger partial charge in [-0.25, -0.2) is 0 Å². The Morgan fingerprint density at radius 1 is 1.38 bits per heavy atom. The smallest absolute Gasteiger partial charge is 0.323 e. The maximum atomic E-state index is 11.2. The van der Waals surface area contributed by atoms with Crippen molar-refractivity contribution in [3.8, 4) is 0 Å². The Bertz CT molecular complexity index is 516. The summed E-state index contributed by atoms with van der Waals surface area (Å²) >= 11 is 5.93. The third-order valence-corrected chi connectivity index (χ3v) is 4.77. The Morgan fingerprint density at radius 3 is 2.62 bits per heavy atom. The summed E-state index contributed by atoms with van der Waals surface area (Å²) in [6.45, 7) is 3.25. The number of carboxylic acids is 1. The Hall–Kier alpha value is -1.26. The largest absolute Gasteiger partial charge is 0.480 e. The summed E-state index contributed by atoms with van der Waals surface area (Å²) in [5, 5.41) is 9.91. The maximum absolute atomic E-state index is 11.2. The van der Waals surface area contributed by atoms with Crippen molar-refractivity contribution in [3.63, 3.8) is 0 Å². The molecule has 1 aliphatic carbocycles. The molecule has 0 bridgehead atoms. The molecule has 0 aromatic heterocycles. The summed E-state index contributed by atoms with van der Waals surface area (Å²) < 4.78 is 0. The van der Waals surface area contributed by atoms with E-state index in [4.69, 9.17) is 11.6 Å². The number of benzene rings is 1. The first-order chi connectivity index (χ1) is 10.0. The van der Waals surface area contributed by atoms with E-state index in [0.717, 1.165) is 24.7 Å². The van der Waals surface area contributed by atoms with Crippen molar-refractivity contribution in [2.45, 2.75) is 44.3 Å². The molecule has 2 aliphatic rings. The average Bonchev–Trinajstić information content (AvgIpc) is 3.20. The lowest BCUT2D eigenvalue weighted by Crippen LogP contribution is -2.41. The van der Waals surface area contributed by atoms with Gasteiger partial charge in [-0.15, -0.1) is 0 Å². The molecule has 0 amide bonds. The number of aliphatic carboxylic acids is 1. The topological polar surface area (TPSA) is 43.8 Å². The molecule has 1 aliphatic heterocycles. The van der Waals surface area contributed by atoms with Crippen LogP contribution < -0.4 is 4.90 Å². The van der Waals surface area contributed by atoms with E-state index in [9.17, 15) is 9.90 Å².